The number of ether oxygens (including phenoxy) is 1. The Bertz CT molecular complexity index is 1510. The molecule has 0 radical (unpaired) electrons. The quantitative estimate of drug-likeness (QED) is 0.453. The number of rotatable bonds is 3. The van der Waals surface area contributed by atoms with E-state index in [1.54, 1.807) is 36.5 Å². The van der Waals surface area contributed by atoms with Crippen molar-refractivity contribution in [1.29, 1.82) is 0 Å². The van der Waals surface area contributed by atoms with Crippen LogP contribution in [0.4, 0.5) is 11.5 Å². The molecule has 5 rings (SSSR count). The number of sulfonamides is 1. The first-order valence-corrected chi connectivity index (χ1v) is 12.3. The fraction of sp³-hybridized carbons (Fsp3) is 0.250. The molecule has 1 saturated heterocycles. The van der Waals surface area contributed by atoms with Crippen LogP contribution < -0.4 is 4.31 Å². The van der Waals surface area contributed by atoms with E-state index >= 15 is 0 Å². The van der Waals surface area contributed by atoms with Crippen LogP contribution in [0.2, 0.25) is 0 Å². The Labute approximate surface area is 191 Å². The summed E-state index contributed by atoms with van der Waals surface area (Å²) in [5, 5.41) is 12.1. The molecule has 33 heavy (non-hydrogen) atoms. The minimum absolute atomic E-state index is 0.241. The van der Waals surface area contributed by atoms with Gasteiger partial charge in [0.05, 0.1) is 30.7 Å². The summed E-state index contributed by atoms with van der Waals surface area (Å²) in [5.74, 6) is 6.23. The zero-order chi connectivity index (χ0) is 23.1. The summed E-state index contributed by atoms with van der Waals surface area (Å²) in [6.45, 7) is 0.936. The highest BCUT2D eigenvalue weighted by Crippen LogP contribution is 2.34. The molecule has 2 aromatic heterocycles. The third kappa shape index (κ3) is 4.28. The Morgan fingerprint density at radius 1 is 1.12 bits per heavy atom. The molecule has 1 aliphatic rings. The molecule has 3 heterocycles. The highest BCUT2D eigenvalue weighted by molar-refractivity contribution is 7.92. The maximum absolute atomic E-state index is 12.9. The number of H-pyrrole nitrogens is 1. The van der Waals surface area contributed by atoms with Crippen molar-refractivity contribution in [3.8, 4) is 11.8 Å². The van der Waals surface area contributed by atoms with Gasteiger partial charge in [-0.15, -0.1) is 0 Å². The molecule has 168 valence electrons. The van der Waals surface area contributed by atoms with Gasteiger partial charge >= 0.3 is 0 Å². The SMILES string of the molecule is CS(=O)(=O)N(c1ccc2[nH]ccc2c1)c1ncnc2ccc(C#CC3(O)CCOCC3)cc12. The van der Waals surface area contributed by atoms with Crippen LogP contribution in [0.5, 0.6) is 0 Å². The van der Waals surface area contributed by atoms with E-state index in [0.29, 0.717) is 48.2 Å². The van der Waals surface area contributed by atoms with Crippen LogP contribution in [0.25, 0.3) is 21.8 Å². The lowest BCUT2D eigenvalue weighted by Gasteiger charge is -2.26. The van der Waals surface area contributed by atoms with Gasteiger partial charge < -0.3 is 14.8 Å². The van der Waals surface area contributed by atoms with Crippen molar-refractivity contribution >= 4 is 43.3 Å². The molecule has 0 atom stereocenters. The first-order valence-electron chi connectivity index (χ1n) is 10.5. The maximum atomic E-state index is 12.9. The molecule has 1 fully saturated rings. The summed E-state index contributed by atoms with van der Waals surface area (Å²) in [7, 11) is -3.72. The minimum atomic E-state index is -3.72. The largest absolute Gasteiger partial charge is 0.381 e. The van der Waals surface area contributed by atoms with Crippen molar-refractivity contribution in [3.05, 3.63) is 60.6 Å². The van der Waals surface area contributed by atoms with Crippen molar-refractivity contribution in [1.82, 2.24) is 15.0 Å². The van der Waals surface area contributed by atoms with Gasteiger partial charge in [0.2, 0.25) is 10.0 Å². The molecule has 0 spiro atoms. The standard InChI is InChI=1S/C24H22N4O4S/c1-33(30,31)28(19-3-5-21-18(15-19)7-11-25-21)23-20-14-17(2-4-22(20)26-16-27-23)6-8-24(29)9-12-32-13-10-24/h2-5,7,11,14-16,25,29H,9-10,12-13H2,1H3. The number of hydrogen-bond donors (Lipinski definition) is 2. The van der Waals surface area contributed by atoms with Gasteiger partial charge in [-0.25, -0.2) is 22.7 Å². The smallest absolute Gasteiger partial charge is 0.237 e. The summed E-state index contributed by atoms with van der Waals surface area (Å²) in [6.07, 6.45) is 5.20. The lowest BCUT2D eigenvalue weighted by molar-refractivity contribution is -0.0261. The number of aromatic amines is 1. The monoisotopic (exact) mass is 462 g/mol. The first kappa shape index (κ1) is 21.4. The molecule has 0 bridgehead atoms. The van der Waals surface area contributed by atoms with E-state index in [2.05, 4.69) is 26.8 Å². The Balaban J connectivity index is 1.63. The second-order valence-corrected chi connectivity index (χ2v) is 9.93. The minimum Gasteiger partial charge on any atom is -0.381 e. The van der Waals surface area contributed by atoms with Crippen LogP contribution in [-0.2, 0) is 14.8 Å². The number of hydrogen-bond acceptors (Lipinski definition) is 6. The van der Waals surface area contributed by atoms with Crippen molar-refractivity contribution < 1.29 is 18.3 Å². The fourth-order valence-electron chi connectivity index (χ4n) is 3.94. The van der Waals surface area contributed by atoms with E-state index < -0.39 is 15.6 Å². The summed E-state index contributed by atoms with van der Waals surface area (Å²) < 4.78 is 32.3. The number of aliphatic hydroxyl groups is 1. The summed E-state index contributed by atoms with van der Waals surface area (Å²) >= 11 is 0. The van der Waals surface area contributed by atoms with Gasteiger partial charge in [-0.3, -0.25) is 0 Å². The van der Waals surface area contributed by atoms with Gasteiger partial charge in [0, 0.05) is 40.9 Å². The van der Waals surface area contributed by atoms with Crippen LogP contribution in [0.15, 0.2) is 55.0 Å². The fourth-order valence-corrected chi connectivity index (χ4v) is 4.90. The first-order chi connectivity index (χ1) is 15.8. The highest BCUT2D eigenvalue weighted by atomic mass is 32.2. The summed E-state index contributed by atoms with van der Waals surface area (Å²) in [5.41, 5.74) is 1.51. The highest BCUT2D eigenvalue weighted by Gasteiger charge is 2.27. The van der Waals surface area contributed by atoms with Crippen molar-refractivity contribution in [2.24, 2.45) is 0 Å². The molecule has 0 aliphatic carbocycles. The van der Waals surface area contributed by atoms with Gasteiger partial charge in [-0.2, -0.15) is 0 Å². The van der Waals surface area contributed by atoms with Crippen LogP contribution in [0.3, 0.4) is 0 Å². The zero-order valence-electron chi connectivity index (χ0n) is 17.9. The predicted molar refractivity (Wildman–Crippen MR) is 127 cm³/mol. The normalized spacial score (nSPS) is 15.8. The zero-order valence-corrected chi connectivity index (χ0v) is 18.8. The Kier molecular flexibility index (Phi) is 5.29. The molecule has 0 amide bonds. The molecule has 2 aromatic carbocycles. The second kappa shape index (κ2) is 8.15. The third-order valence-corrected chi connectivity index (χ3v) is 6.72. The third-order valence-electron chi connectivity index (χ3n) is 5.67. The Morgan fingerprint density at radius 2 is 1.94 bits per heavy atom. The van der Waals surface area contributed by atoms with E-state index in [1.165, 1.54) is 10.6 Å². The maximum Gasteiger partial charge on any atom is 0.237 e. The lowest BCUT2D eigenvalue weighted by atomic mass is 9.95. The Morgan fingerprint density at radius 3 is 2.73 bits per heavy atom. The van der Waals surface area contributed by atoms with E-state index in [1.807, 2.05) is 12.1 Å². The van der Waals surface area contributed by atoms with E-state index in [4.69, 9.17) is 4.74 Å². The number of nitrogens with one attached hydrogen (secondary N) is 1. The second-order valence-electron chi connectivity index (χ2n) is 8.10. The van der Waals surface area contributed by atoms with Gasteiger partial charge in [0.1, 0.15) is 11.9 Å². The van der Waals surface area contributed by atoms with Crippen LogP contribution >= 0.6 is 0 Å². The average molecular weight is 463 g/mol. The molecule has 1 aliphatic heterocycles. The summed E-state index contributed by atoms with van der Waals surface area (Å²) in [4.78, 5) is 11.7. The molecule has 9 heteroatoms. The molecule has 4 aromatic rings. The Hall–Kier alpha value is -3.45. The van der Waals surface area contributed by atoms with E-state index in [0.717, 1.165) is 17.2 Å². The number of fused-ring (bicyclic) bond motifs is 2. The molecule has 0 unspecified atom stereocenters. The van der Waals surface area contributed by atoms with Gasteiger partial charge in [-0.1, -0.05) is 11.8 Å². The van der Waals surface area contributed by atoms with E-state index in [-0.39, 0.29) is 5.82 Å². The van der Waals surface area contributed by atoms with E-state index in [9.17, 15) is 13.5 Å². The average Bonchev–Trinajstić information content (AvgIpc) is 3.26. The van der Waals surface area contributed by atoms with Gasteiger partial charge in [0.25, 0.3) is 0 Å². The molecule has 2 N–H and O–H groups in total. The van der Waals surface area contributed by atoms with Gasteiger partial charge in [0.15, 0.2) is 5.82 Å². The topological polar surface area (TPSA) is 108 Å². The van der Waals surface area contributed by atoms with Crippen molar-refractivity contribution in [2.75, 3.05) is 23.8 Å². The molecule has 0 saturated carbocycles. The van der Waals surface area contributed by atoms with Gasteiger partial charge in [-0.05, 0) is 42.5 Å². The molecular formula is C24H22N4O4S. The van der Waals surface area contributed by atoms with Crippen LogP contribution in [0.1, 0.15) is 18.4 Å². The van der Waals surface area contributed by atoms with Crippen molar-refractivity contribution in [3.63, 3.8) is 0 Å². The lowest BCUT2D eigenvalue weighted by Crippen LogP contribution is -2.34. The number of nitrogens with zero attached hydrogens (tertiary/aromatic N) is 3. The van der Waals surface area contributed by atoms with Crippen LogP contribution in [0, 0.1) is 11.8 Å². The summed E-state index contributed by atoms with van der Waals surface area (Å²) in [6, 6.07) is 12.6. The number of aromatic nitrogens is 3. The van der Waals surface area contributed by atoms with Crippen LogP contribution in [-0.4, -0.2) is 53.5 Å². The van der Waals surface area contributed by atoms with Crippen molar-refractivity contribution in [2.45, 2.75) is 18.4 Å². The predicted octanol–water partition coefficient (Wildman–Crippen LogP) is 3.10. The molecule has 8 nitrogen and oxygen atoms in total. The molecular weight excluding hydrogens is 440 g/mol. The number of anilines is 2. The number of benzene rings is 2.